The summed E-state index contributed by atoms with van der Waals surface area (Å²) in [5.74, 6) is 2.56. The maximum atomic E-state index is 13.8. The van der Waals surface area contributed by atoms with Crippen molar-refractivity contribution in [3.05, 3.63) is 59.3 Å². The number of fused-ring (bicyclic) bond motifs is 7. The number of allylic oxidation sites excluding steroid dienone is 5. The Bertz CT molecular complexity index is 2160. The van der Waals surface area contributed by atoms with Crippen LogP contribution in [0.25, 0.3) is 0 Å². The first-order chi connectivity index (χ1) is 30.4. The molecule has 6 aliphatic carbocycles. The zero-order valence-electron chi connectivity index (χ0n) is 40.7. The van der Waals surface area contributed by atoms with E-state index in [1.54, 1.807) is 0 Å². The van der Waals surface area contributed by atoms with Gasteiger partial charge in [-0.3, -0.25) is 4.79 Å². The van der Waals surface area contributed by atoms with Crippen molar-refractivity contribution in [3.8, 4) is 5.88 Å². The van der Waals surface area contributed by atoms with Crippen LogP contribution >= 0.6 is 0 Å². The van der Waals surface area contributed by atoms with E-state index < -0.39 is 32.9 Å². The molecule has 1 saturated heterocycles. The van der Waals surface area contributed by atoms with E-state index >= 15 is 0 Å². The molecule has 0 radical (unpaired) electrons. The Morgan fingerprint density at radius 2 is 1.69 bits per heavy atom. The lowest BCUT2D eigenvalue weighted by Crippen LogP contribution is -2.68. The number of hydrogen-bond acceptors (Lipinski definition) is 8. The van der Waals surface area contributed by atoms with Gasteiger partial charge in [0.1, 0.15) is 5.56 Å². The minimum Gasteiger partial charge on any atom is -0.477 e. The summed E-state index contributed by atoms with van der Waals surface area (Å²) < 4.78 is 76.9. The number of rotatable bonds is 12. The van der Waals surface area contributed by atoms with Crippen LogP contribution < -0.4 is 10.1 Å². The van der Waals surface area contributed by atoms with Crippen LogP contribution in [0, 0.1) is 56.7 Å². The van der Waals surface area contributed by atoms with Crippen molar-refractivity contribution in [1.29, 1.82) is 0 Å². The standard InChI is InChI=1S/C53H78F3N3O5S/c1-35(2)38-16-23-52(58-28-29-59-30-33-65(61,62)34-31-59)25-24-49(8)40(44(38)52)12-13-43-48(7)19-17-39(47(5,6)42(48)18-20-50(43,49)9)37-14-21-51(22-15-37,46(60)64-36(3)4)26-32-63-45-41(53(54,55)56)11-10-27-57-45/h10-11,14,17,27,36,38,40,42-44,58H,1,12-13,15-16,18-26,28-34H2,2-9H3/t38-,40+,42-,43+,44+,48-,49+,50+,51?,52-/m0/s1. The molecule has 0 spiro atoms. The molecule has 1 aliphatic heterocycles. The van der Waals surface area contributed by atoms with Crippen molar-refractivity contribution in [2.45, 2.75) is 157 Å². The number of nitrogens with zero attached hydrogens (tertiary/aromatic N) is 2. The van der Waals surface area contributed by atoms with Gasteiger partial charge in [0.05, 0.1) is 29.6 Å². The topological polar surface area (TPSA) is 97.8 Å². The Kier molecular flexibility index (Phi) is 13.0. The summed E-state index contributed by atoms with van der Waals surface area (Å²) in [5.41, 5.74) is 2.80. The Morgan fingerprint density at radius 3 is 2.35 bits per heavy atom. The van der Waals surface area contributed by atoms with Crippen molar-refractivity contribution >= 4 is 15.8 Å². The minimum absolute atomic E-state index is 0.0763. The highest BCUT2D eigenvalue weighted by Crippen LogP contribution is 2.76. The molecule has 1 N–H and O–H groups in total. The molecule has 8 rings (SSSR count). The number of pyridine rings is 1. The van der Waals surface area contributed by atoms with Gasteiger partial charge in [0.25, 0.3) is 0 Å². The molecule has 0 aromatic carbocycles. The monoisotopic (exact) mass is 926 g/mol. The van der Waals surface area contributed by atoms with Crippen LogP contribution in [0.3, 0.4) is 0 Å². The number of halogens is 3. The molecule has 4 saturated carbocycles. The largest absolute Gasteiger partial charge is 0.477 e. The molecule has 8 nitrogen and oxygen atoms in total. The van der Waals surface area contributed by atoms with Crippen molar-refractivity contribution in [1.82, 2.24) is 15.2 Å². The van der Waals surface area contributed by atoms with Gasteiger partial charge < -0.3 is 19.7 Å². The smallest absolute Gasteiger partial charge is 0.421 e. The first-order valence-corrected chi connectivity index (χ1v) is 26.8. The van der Waals surface area contributed by atoms with Crippen molar-refractivity contribution in [2.75, 3.05) is 44.3 Å². The summed E-state index contributed by atoms with van der Waals surface area (Å²) in [6.07, 6.45) is 13.8. The highest BCUT2D eigenvalue weighted by Gasteiger charge is 2.70. The van der Waals surface area contributed by atoms with E-state index in [1.807, 2.05) is 13.8 Å². The first-order valence-electron chi connectivity index (χ1n) is 25.0. The molecule has 1 aromatic heterocycles. The van der Waals surface area contributed by atoms with Crippen LogP contribution in [0.1, 0.15) is 144 Å². The van der Waals surface area contributed by atoms with Crippen LogP contribution in [-0.4, -0.2) is 80.2 Å². The lowest BCUT2D eigenvalue weighted by molar-refractivity contribution is -0.221. The summed E-state index contributed by atoms with van der Waals surface area (Å²) in [4.78, 5) is 20.1. The Labute approximate surface area is 388 Å². The molecule has 5 fully saturated rings. The summed E-state index contributed by atoms with van der Waals surface area (Å²) in [6, 6.07) is 2.22. The van der Waals surface area contributed by atoms with E-state index in [-0.39, 0.29) is 63.8 Å². The number of sulfone groups is 1. The quantitative estimate of drug-likeness (QED) is 0.164. The summed E-state index contributed by atoms with van der Waals surface area (Å²) in [7, 11) is -2.90. The number of aromatic nitrogens is 1. The second-order valence-electron chi connectivity index (χ2n) is 23.4. The Balaban J connectivity index is 1.00. The summed E-state index contributed by atoms with van der Waals surface area (Å²) in [5, 5.41) is 4.21. The Morgan fingerprint density at radius 1 is 0.954 bits per heavy atom. The van der Waals surface area contributed by atoms with E-state index in [0.717, 1.165) is 25.6 Å². The van der Waals surface area contributed by atoms with Gasteiger partial charge in [0, 0.05) is 37.9 Å². The number of nitrogens with one attached hydrogen (secondary N) is 1. The molecule has 65 heavy (non-hydrogen) atoms. The number of carbonyl (C=O) groups excluding carboxylic acids is 1. The second-order valence-corrected chi connectivity index (χ2v) is 25.7. The molecule has 10 atom stereocenters. The van der Waals surface area contributed by atoms with Crippen LogP contribution in [0.5, 0.6) is 5.88 Å². The first kappa shape index (κ1) is 48.7. The van der Waals surface area contributed by atoms with Crippen LogP contribution in [0.2, 0.25) is 0 Å². The predicted octanol–water partition coefficient (Wildman–Crippen LogP) is 11.2. The third-order valence-electron chi connectivity index (χ3n) is 19.6. The van der Waals surface area contributed by atoms with Gasteiger partial charge in [-0.25, -0.2) is 13.4 Å². The average molecular weight is 926 g/mol. The number of alkyl halides is 3. The summed E-state index contributed by atoms with van der Waals surface area (Å²) >= 11 is 0. The van der Waals surface area contributed by atoms with Gasteiger partial charge in [-0.1, -0.05) is 58.9 Å². The molecule has 0 bridgehead atoms. The van der Waals surface area contributed by atoms with Crippen molar-refractivity contribution < 1.29 is 35.9 Å². The molecule has 12 heteroatoms. The third-order valence-corrected chi connectivity index (χ3v) is 21.2. The highest BCUT2D eigenvalue weighted by molar-refractivity contribution is 7.91. The zero-order valence-corrected chi connectivity index (χ0v) is 41.5. The number of hydrogen-bond donors (Lipinski definition) is 1. The van der Waals surface area contributed by atoms with Gasteiger partial charge in [-0.2, -0.15) is 13.2 Å². The van der Waals surface area contributed by atoms with Crippen molar-refractivity contribution in [3.63, 3.8) is 0 Å². The van der Waals surface area contributed by atoms with E-state index in [1.165, 1.54) is 80.3 Å². The number of esters is 1. The van der Waals surface area contributed by atoms with Gasteiger partial charge in [0.2, 0.25) is 5.88 Å². The van der Waals surface area contributed by atoms with E-state index in [0.29, 0.717) is 61.9 Å². The fourth-order valence-corrected chi connectivity index (χ4v) is 17.4. The normalized spacial score (nSPS) is 38.9. The zero-order chi connectivity index (χ0) is 47.0. The molecule has 362 valence electrons. The molecule has 7 aliphatic rings. The molecular weight excluding hydrogens is 848 g/mol. The SMILES string of the molecule is C=C(C)[C@@H]1CC[C@]2(NCCN3CCS(=O)(=O)CC3)CC[C@]3(C)[C@H](CC[C@@H]4[C@@]5(C)CC=C(C6=CCC(CCOc7ncccc7C(F)(F)F)(C(=O)OC(C)C)CC6)C(C)(C)[C@@H]5CC[C@]43C)[C@@H]12. The minimum atomic E-state index is -4.60. The van der Waals surface area contributed by atoms with Crippen molar-refractivity contribution in [2.24, 2.45) is 56.7 Å². The lowest BCUT2D eigenvalue weighted by atomic mass is 9.33. The highest BCUT2D eigenvalue weighted by atomic mass is 32.2. The lowest BCUT2D eigenvalue weighted by Gasteiger charge is -2.72. The maximum Gasteiger partial charge on any atom is 0.421 e. The van der Waals surface area contributed by atoms with Gasteiger partial charge in [0.15, 0.2) is 9.84 Å². The molecule has 1 aromatic rings. The molecule has 0 amide bonds. The van der Waals surface area contributed by atoms with Crippen LogP contribution in [-0.2, 0) is 25.5 Å². The van der Waals surface area contributed by atoms with Crippen LogP contribution in [0.4, 0.5) is 13.2 Å². The molecule has 1 unspecified atom stereocenters. The fourth-order valence-electron chi connectivity index (χ4n) is 16.1. The Hall–Kier alpha value is -2.70. The predicted molar refractivity (Wildman–Crippen MR) is 251 cm³/mol. The maximum absolute atomic E-state index is 13.8. The molecular formula is C53H78F3N3O5S. The fraction of sp³-hybridized carbons (Fsp3) is 0.774. The second kappa shape index (κ2) is 17.4. The van der Waals surface area contributed by atoms with E-state index in [9.17, 15) is 26.4 Å². The van der Waals surface area contributed by atoms with Gasteiger partial charge in [-0.05, 0) is 179 Å². The summed E-state index contributed by atoms with van der Waals surface area (Å²) in [6.45, 7) is 26.5. The van der Waals surface area contributed by atoms with Gasteiger partial charge in [-0.15, -0.1) is 0 Å². The third kappa shape index (κ3) is 8.49. The van der Waals surface area contributed by atoms with E-state index in [4.69, 9.17) is 9.47 Å². The number of ether oxygens (including phenoxy) is 2. The average Bonchev–Trinajstić information content (AvgIpc) is 3.61. The van der Waals surface area contributed by atoms with Gasteiger partial charge >= 0.3 is 12.1 Å². The number of carbonyl (C=O) groups is 1. The molecule has 2 heterocycles. The van der Waals surface area contributed by atoms with Crippen LogP contribution in [0.15, 0.2) is 53.8 Å². The van der Waals surface area contributed by atoms with E-state index in [2.05, 4.69) is 75.5 Å².